The van der Waals surface area contributed by atoms with E-state index in [2.05, 4.69) is 4.99 Å². The highest BCUT2D eigenvalue weighted by Gasteiger charge is 2.10. The van der Waals surface area contributed by atoms with Crippen LogP contribution in [0, 0.1) is 5.82 Å². The van der Waals surface area contributed by atoms with E-state index in [9.17, 15) is 14.0 Å². The molecule has 0 N–H and O–H groups in total. The Kier molecular flexibility index (Phi) is 6.64. The van der Waals surface area contributed by atoms with Crippen molar-refractivity contribution in [3.05, 3.63) is 58.6 Å². The molecule has 146 valence electrons. The summed E-state index contributed by atoms with van der Waals surface area (Å²) in [6.45, 7) is 0. The van der Waals surface area contributed by atoms with Crippen LogP contribution >= 0.6 is 23.1 Å². The largest absolute Gasteiger partial charge is 0.465 e. The van der Waals surface area contributed by atoms with E-state index < -0.39 is 5.97 Å². The number of rotatable bonds is 6. The molecule has 8 heteroatoms. The number of hydrogen-bond acceptors (Lipinski definition) is 5. The summed E-state index contributed by atoms with van der Waals surface area (Å²) in [6.07, 6.45) is 1.03. The molecule has 28 heavy (non-hydrogen) atoms. The SMILES string of the molecule is COC(=O)c1ccc2c(c1)sc(=NC(=O)CCCSc1ccc(F)cc1)n2C. The lowest BCUT2D eigenvalue weighted by Gasteiger charge is -2.00. The standard InChI is InChI=1S/C20H19FN2O3S2/c1-23-16-10-5-13(19(25)26-2)12-17(16)28-20(23)22-18(24)4-3-11-27-15-8-6-14(21)7-9-15/h5-10,12H,3-4,11H2,1-2H3. The number of benzene rings is 2. The van der Waals surface area contributed by atoms with Crippen molar-refractivity contribution >= 4 is 45.2 Å². The van der Waals surface area contributed by atoms with Crippen LogP contribution in [0.1, 0.15) is 23.2 Å². The fourth-order valence-corrected chi connectivity index (χ4v) is 4.52. The third-order valence-corrected chi connectivity index (χ3v) is 6.26. The van der Waals surface area contributed by atoms with Crippen LogP contribution < -0.4 is 4.80 Å². The van der Waals surface area contributed by atoms with Crippen molar-refractivity contribution < 1.29 is 18.7 Å². The Hall–Kier alpha value is -2.45. The number of amides is 1. The van der Waals surface area contributed by atoms with Crippen molar-refractivity contribution in [2.45, 2.75) is 17.7 Å². The van der Waals surface area contributed by atoms with Gasteiger partial charge in [0.25, 0.3) is 0 Å². The van der Waals surface area contributed by atoms with Crippen molar-refractivity contribution in [3.8, 4) is 0 Å². The number of ether oxygens (including phenoxy) is 1. The Balaban J connectivity index is 1.64. The predicted molar refractivity (Wildman–Crippen MR) is 109 cm³/mol. The van der Waals surface area contributed by atoms with Crippen molar-refractivity contribution in [1.82, 2.24) is 4.57 Å². The number of carbonyl (C=O) groups is 2. The molecule has 0 unspecified atom stereocenters. The van der Waals surface area contributed by atoms with E-state index in [0.717, 1.165) is 20.9 Å². The summed E-state index contributed by atoms with van der Waals surface area (Å²) >= 11 is 2.94. The topological polar surface area (TPSA) is 60.7 Å². The molecule has 1 amide bonds. The number of nitrogens with zero attached hydrogens (tertiary/aromatic N) is 2. The third-order valence-electron chi connectivity index (χ3n) is 4.07. The van der Waals surface area contributed by atoms with Crippen LogP contribution in [0.5, 0.6) is 0 Å². The summed E-state index contributed by atoms with van der Waals surface area (Å²) in [5.41, 5.74) is 1.36. The van der Waals surface area contributed by atoms with E-state index >= 15 is 0 Å². The lowest BCUT2D eigenvalue weighted by atomic mass is 10.2. The monoisotopic (exact) mass is 418 g/mol. The van der Waals surface area contributed by atoms with Gasteiger partial charge in [-0.3, -0.25) is 4.79 Å². The number of hydrogen-bond donors (Lipinski definition) is 0. The second kappa shape index (κ2) is 9.16. The minimum atomic E-state index is -0.397. The highest BCUT2D eigenvalue weighted by atomic mass is 32.2. The summed E-state index contributed by atoms with van der Waals surface area (Å²) in [6, 6.07) is 11.6. The van der Waals surface area contributed by atoms with Crippen LogP contribution in [0.25, 0.3) is 10.2 Å². The number of esters is 1. The maximum Gasteiger partial charge on any atom is 0.337 e. The van der Waals surface area contributed by atoms with Crippen molar-refractivity contribution in [1.29, 1.82) is 0 Å². The highest BCUT2D eigenvalue weighted by Crippen LogP contribution is 2.20. The molecule has 0 saturated carbocycles. The molecule has 0 bridgehead atoms. The third kappa shape index (κ3) is 4.88. The van der Waals surface area contributed by atoms with E-state index in [1.165, 1.54) is 30.6 Å². The first-order valence-electron chi connectivity index (χ1n) is 8.62. The normalized spacial score (nSPS) is 11.8. The van der Waals surface area contributed by atoms with Crippen molar-refractivity contribution in [2.24, 2.45) is 12.0 Å². The second-order valence-corrected chi connectivity index (χ2v) is 8.21. The summed E-state index contributed by atoms with van der Waals surface area (Å²) in [5.74, 6) is -0.0806. The molecule has 3 aromatic rings. The molecule has 5 nitrogen and oxygen atoms in total. The smallest absolute Gasteiger partial charge is 0.337 e. The maximum atomic E-state index is 12.9. The van der Waals surface area contributed by atoms with Crippen LogP contribution in [-0.2, 0) is 16.6 Å². The average molecular weight is 419 g/mol. The minimum absolute atomic E-state index is 0.185. The van der Waals surface area contributed by atoms with E-state index in [0.29, 0.717) is 23.2 Å². The van der Waals surface area contributed by atoms with Gasteiger partial charge >= 0.3 is 5.97 Å². The second-order valence-electron chi connectivity index (χ2n) is 6.03. The molecule has 0 atom stereocenters. The number of aryl methyl sites for hydroxylation is 1. The molecule has 1 aromatic heterocycles. The molecular weight excluding hydrogens is 399 g/mol. The van der Waals surface area contributed by atoms with Gasteiger partial charge in [0, 0.05) is 18.4 Å². The van der Waals surface area contributed by atoms with Gasteiger partial charge in [-0.2, -0.15) is 4.99 Å². The Morgan fingerprint density at radius 2 is 1.96 bits per heavy atom. The zero-order valence-electron chi connectivity index (χ0n) is 15.5. The van der Waals surface area contributed by atoms with Gasteiger partial charge in [-0.05, 0) is 54.6 Å². The highest BCUT2D eigenvalue weighted by molar-refractivity contribution is 7.99. The fraction of sp³-hybridized carbons (Fsp3) is 0.250. The number of carbonyl (C=O) groups excluding carboxylic acids is 2. The number of halogens is 1. The Morgan fingerprint density at radius 3 is 2.68 bits per heavy atom. The van der Waals surface area contributed by atoms with Gasteiger partial charge in [-0.25, -0.2) is 9.18 Å². The van der Waals surface area contributed by atoms with Gasteiger partial charge in [0.2, 0.25) is 5.91 Å². The molecular formula is C20H19FN2O3S2. The van der Waals surface area contributed by atoms with E-state index in [1.807, 2.05) is 17.7 Å². The molecule has 3 rings (SSSR count). The van der Waals surface area contributed by atoms with Gasteiger partial charge < -0.3 is 9.30 Å². The Bertz CT molecular complexity index is 1070. The molecule has 0 aliphatic rings. The van der Waals surface area contributed by atoms with Gasteiger partial charge in [0.05, 0.1) is 22.9 Å². The summed E-state index contributed by atoms with van der Waals surface area (Å²) in [5, 5.41) is 0. The maximum absolute atomic E-state index is 12.9. The van der Waals surface area contributed by atoms with Crippen LogP contribution in [0.15, 0.2) is 52.4 Å². The van der Waals surface area contributed by atoms with Gasteiger partial charge in [-0.1, -0.05) is 11.3 Å². The number of aromatic nitrogens is 1. The molecule has 0 fully saturated rings. The predicted octanol–water partition coefficient (Wildman–Crippen LogP) is 4.17. The lowest BCUT2D eigenvalue weighted by molar-refractivity contribution is -0.118. The quantitative estimate of drug-likeness (QED) is 0.343. The molecule has 0 aliphatic heterocycles. The molecule has 1 heterocycles. The Morgan fingerprint density at radius 1 is 1.21 bits per heavy atom. The summed E-state index contributed by atoms with van der Waals surface area (Å²) in [7, 11) is 3.18. The van der Waals surface area contributed by atoms with Gasteiger partial charge in [0.15, 0.2) is 4.80 Å². The Labute approximate surface area is 169 Å². The van der Waals surface area contributed by atoms with Crippen molar-refractivity contribution in [2.75, 3.05) is 12.9 Å². The summed E-state index contributed by atoms with van der Waals surface area (Å²) in [4.78, 5) is 29.7. The summed E-state index contributed by atoms with van der Waals surface area (Å²) < 4.78 is 20.3. The molecule has 0 radical (unpaired) electrons. The lowest BCUT2D eigenvalue weighted by Crippen LogP contribution is -2.13. The van der Waals surface area contributed by atoms with Gasteiger partial charge in [0.1, 0.15) is 5.82 Å². The number of methoxy groups -OCH3 is 1. The molecule has 0 saturated heterocycles. The number of thioether (sulfide) groups is 1. The average Bonchev–Trinajstić information content (AvgIpc) is 3.00. The van der Waals surface area contributed by atoms with Crippen LogP contribution in [0.2, 0.25) is 0 Å². The fourth-order valence-electron chi connectivity index (χ4n) is 2.59. The van der Waals surface area contributed by atoms with Gasteiger partial charge in [-0.15, -0.1) is 11.8 Å². The van der Waals surface area contributed by atoms with Crippen molar-refractivity contribution in [3.63, 3.8) is 0 Å². The first kappa shape index (κ1) is 20.3. The molecule has 0 aliphatic carbocycles. The molecule has 0 spiro atoms. The van der Waals surface area contributed by atoms with Crippen LogP contribution in [-0.4, -0.2) is 29.3 Å². The minimum Gasteiger partial charge on any atom is -0.465 e. The number of thiazole rings is 1. The van der Waals surface area contributed by atoms with E-state index in [1.54, 1.807) is 36.0 Å². The zero-order chi connectivity index (χ0) is 20.1. The first-order chi connectivity index (χ1) is 13.5. The van der Waals surface area contributed by atoms with Crippen LogP contribution in [0.4, 0.5) is 4.39 Å². The van der Waals surface area contributed by atoms with Crippen LogP contribution in [0.3, 0.4) is 0 Å². The number of fused-ring (bicyclic) bond motifs is 1. The van der Waals surface area contributed by atoms with E-state index in [-0.39, 0.29) is 11.7 Å². The molecule has 2 aromatic carbocycles. The van der Waals surface area contributed by atoms with E-state index in [4.69, 9.17) is 4.74 Å². The zero-order valence-corrected chi connectivity index (χ0v) is 17.1. The first-order valence-corrected chi connectivity index (χ1v) is 10.4.